The van der Waals surface area contributed by atoms with E-state index in [2.05, 4.69) is 93.2 Å². The second-order valence-electron chi connectivity index (χ2n) is 12.8. The maximum Gasteiger partial charge on any atom is 0.490 e. The quantitative estimate of drug-likeness (QED) is 0.159. The van der Waals surface area contributed by atoms with E-state index in [-0.39, 0.29) is 17.9 Å². The number of likely N-dealkylation sites (tertiary alicyclic amines) is 1. The summed E-state index contributed by atoms with van der Waals surface area (Å²) in [4.78, 5) is 29.4. The number of carbonyl (C=O) groups excluding carboxylic acids is 1. The fraction of sp³-hybridized carbons (Fsp3) is 0.333. The number of anilines is 1. The smallest absolute Gasteiger partial charge is 0.475 e. The van der Waals surface area contributed by atoms with E-state index in [1.807, 2.05) is 11.0 Å². The van der Waals surface area contributed by atoms with E-state index in [0.29, 0.717) is 12.2 Å². The van der Waals surface area contributed by atoms with E-state index in [1.165, 1.54) is 34.4 Å². The minimum atomic E-state index is -5.08. The Kier molecular flexibility index (Phi) is 13.2. The lowest BCUT2D eigenvalue weighted by Gasteiger charge is -2.38. The molecule has 0 spiro atoms. The molecule has 4 aromatic rings. The van der Waals surface area contributed by atoms with E-state index in [4.69, 9.17) is 9.90 Å². The Morgan fingerprint density at radius 2 is 1.35 bits per heavy atom. The van der Waals surface area contributed by atoms with E-state index in [1.54, 1.807) is 12.1 Å². The lowest BCUT2D eigenvalue weighted by Crippen LogP contribution is -2.48. The molecule has 2 aliphatic rings. The molecule has 2 fully saturated rings. The third-order valence-corrected chi connectivity index (χ3v) is 9.01. The summed E-state index contributed by atoms with van der Waals surface area (Å²) >= 11 is 0. The molecule has 0 aliphatic carbocycles. The number of carboxylic acids is 1. The number of piperazine rings is 1. The lowest BCUT2D eigenvalue weighted by atomic mass is 9.99. The summed E-state index contributed by atoms with van der Waals surface area (Å²) in [7, 11) is 0. The summed E-state index contributed by atoms with van der Waals surface area (Å²) in [6, 6.07) is 33.9. The van der Waals surface area contributed by atoms with Crippen LogP contribution in [0.3, 0.4) is 0 Å². The van der Waals surface area contributed by atoms with Crippen molar-refractivity contribution in [1.82, 2.24) is 20.0 Å². The number of aliphatic carboxylic acids is 1. The number of hydrogen-bond acceptors (Lipinski definition) is 5. The van der Waals surface area contributed by atoms with Crippen molar-refractivity contribution in [3.8, 4) is 11.1 Å². The molecule has 0 unspecified atom stereocenters. The van der Waals surface area contributed by atoms with Gasteiger partial charge in [0.2, 0.25) is 0 Å². The van der Waals surface area contributed by atoms with Crippen molar-refractivity contribution < 1.29 is 32.3 Å². The van der Waals surface area contributed by atoms with Gasteiger partial charge < -0.3 is 20.6 Å². The number of rotatable bonds is 9. The van der Waals surface area contributed by atoms with Gasteiger partial charge in [0.15, 0.2) is 0 Å². The lowest BCUT2D eigenvalue weighted by molar-refractivity contribution is -0.192. The van der Waals surface area contributed by atoms with Gasteiger partial charge in [-0.25, -0.2) is 14.0 Å². The molecule has 3 N–H and O–H groups in total. The van der Waals surface area contributed by atoms with Gasteiger partial charge in [0.25, 0.3) is 0 Å². The maximum atomic E-state index is 13.9. The van der Waals surface area contributed by atoms with Crippen LogP contribution in [0.5, 0.6) is 0 Å². The van der Waals surface area contributed by atoms with Crippen LogP contribution in [0.15, 0.2) is 103 Å². The number of halogens is 4. The molecular weight excluding hydrogens is 662 g/mol. The Hall–Kier alpha value is -4.78. The Labute approximate surface area is 295 Å². The van der Waals surface area contributed by atoms with Crippen LogP contribution in [0.4, 0.5) is 28.0 Å². The topological polar surface area (TPSA) is 88.2 Å². The van der Waals surface area contributed by atoms with Gasteiger partial charge in [0.05, 0.1) is 0 Å². The molecule has 12 heteroatoms. The molecule has 51 heavy (non-hydrogen) atoms. The molecular formula is C39H43F4N5O3. The fourth-order valence-electron chi connectivity index (χ4n) is 6.33. The normalized spacial score (nSPS) is 15.8. The molecule has 270 valence electrons. The Morgan fingerprint density at radius 1 is 0.745 bits per heavy atom. The number of benzene rings is 4. The summed E-state index contributed by atoms with van der Waals surface area (Å²) in [6.07, 6.45) is -3.30. The summed E-state index contributed by atoms with van der Waals surface area (Å²) in [5.41, 5.74) is 6.55. The molecule has 0 aromatic heterocycles. The number of amides is 2. The average Bonchev–Trinajstić information content (AvgIpc) is 3.12. The number of piperidine rings is 1. The predicted molar refractivity (Wildman–Crippen MR) is 189 cm³/mol. The maximum absolute atomic E-state index is 13.9. The molecule has 6 rings (SSSR count). The zero-order chi connectivity index (χ0) is 36.2. The van der Waals surface area contributed by atoms with Crippen LogP contribution in [0, 0.1) is 5.82 Å². The zero-order valence-corrected chi connectivity index (χ0v) is 28.3. The largest absolute Gasteiger partial charge is 0.490 e. The first-order chi connectivity index (χ1) is 24.5. The highest BCUT2D eigenvalue weighted by molar-refractivity contribution is 5.89. The highest BCUT2D eigenvalue weighted by Gasteiger charge is 2.38. The Morgan fingerprint density at radius 3 is 2.00 bits per heavy atom. The second kappa shape index (κ2) is 17.9. The van der Waals surface area contributed by atoms with Gasteiger partial charge >= 0.3 is 18.2 Å². The minimum absolute atomic E-state index is 0.0944. The number of carbonyl (C=O) groups is 2. The van der Waals surface area contributed by atoms with E-state index >= 15 is 0 Å². The summed E-state index contributed by atoms with van der Waals surface area (Å²) in [6.45, 7) is 8.47. The predicted octanol–water partition coefficient (Wildman–Crippen LogP) is 7.23. The van der Waals surface area contributed by atoms with Gasteiger partial charge in [-0.15, -0.1) is 0 Å². The number of hydrogen-bond donors (Lipinski definition) is 3. The van der Waals surface area contributed by atoms with Crippen molar-refractivity contribution in [2.24, 2.45) is 0 Å². The number of carboxylic acid groups (broad SMARTS) is 1. The van der Waals surface area contributed by atoms with Gasteiger partial charge in [0, 0.05) is 70.6 Å². The van der Waals surface area contributed by atoms with Crippen molar-refractivity contribution in [1.29, 1.82) is 0 Å². The molecule has 8 nitrogen and oxygen atoms in total. The molecule has 2 heterocycles. The minimum Gasteiger partial charge on any atom is -0.475 e. The van der Waals surface area contributed by atoms with Crippen LogP contribution >= 0.6 is 0 Å². The first-order valence-electron chi connectivity index (χ1n) is 17.0. The van der Waals surface area contributed by atoms with Crippen molar-refractivity contribution in [2.75, 3.05) is 44.6 Å². The fourth-order valence-corrected chi connectivity index (χ4v) is 6.33. The summed E-state index contributed by atoms with van der Waals surface area (Å²) in [5.74, 6) is -3.12. The molecule has 2 amide bonds. The van der Waals surface area contributed by atoms with Crippen LogP contribution in [0.1, 0.15) is 29.5 Å². The molecule has 0 saturated carbocycles. The second-order valence-corrected chi connectivity index (χ2v) is 12.8. The van der Waals surface area contributed by atoms with Crippen molar-refractivity contribution in [3.05, 3.63) is 126 Å². The van der Waals surface area contributed by atoms with Crippen molar-refractivity contribution >= 4 is 17.7 Å². The number of nitrogens with zero attached hydrogens (tertiary/aromatic N) is 3. The summed E-state index contributed by atoms with van der Waals surface area (Å²) < 4.78 is 45.6. The van der Waals surface area contributed by atoms with Gasteiger partial charge in [-0.3, -0.25) is 9.80 Å². The summed E-state index contributed by atoms with van der Waals surface area (Å²) in [5, 5.41) is 13.5. The standard InChI is InChI=1S/C37H42FN5O.C2HF3O2/c38-34-10-5-11-35(25-34)40-37(44)43(36-16-20-41(21-17-36)26-29-6-2-1-3-7-29)28-30-12-14-32(15-13-30)33-9-4-8-31(24-33)27-42-22-18-39-19-23-42;3-2(4,5)1(6)7/h1-15,24-25,36,39H,16-23,26-28H2,(H,40,44);(H,6,7). The highest BCUT2D eigenvalue weighted by Crippen LogP contribution is 2.25. The number of urea groups is 1. The molecule has 4 aromatic carbocycles. The van der Waals surface area contributed by atoms with E-state index < -0.39 is 12.1 Å². The third-order valence-electron chi connectivity index (χ3n) is 9.01. The first-order valence-corrected chi connectivity index (χ1v) is 17.0. The molecule has 0 atom stereocenters. The Balaban J connectivity index is 0.000000654. The zero-order valence-electron chi connectivity index (χ0n) is 28.3. The average molecular weight is 706 g/mol. The number of nitrogens with one attached hydrogen (secondary N) is 2. The van der Waals surface area contributed by atoms with Crippen LogP contribution in [0.2, 0.25) is 0 Å². The van der Waals surface area contributed by atoms with E-state index in [0.717, 1.165) is 70.8 Å². The third kappa shape index (κ3) is 11.6. The monoisotopic (exact) mass is 705 g/mol. The van der Waals surface area contributed by atoms with Gasteiger partial charge in [-0.1, -0.05) is 78.9 Å². The van der Waals surface area contributed by atoms with E-state index in [9.17, 15) is 22.4 Å². The van der Waals surface area contributed by atoms with Gasteiger partial charge in [0.1, 0.15) is 5.82 Å². The Bertz CT molecular complexity index is 1710. The SMILES string of the molecule is O=C(Nc1cccc(F)c1)N(Cc1ccc(-c2cccc(CN3CCNCC3)c2)cc1)C1CCN(Cc2ccccc2)CC1.O=C(O)C(F)(F)F. The highest BCUT2D eigenvalue weighted by atomic mass is 19.4. The molecule has 0 radical (unpaired) electrons. The first kappa shape index (κ1) is 37.5. The van der Waals surface area contributed by atoms with Crippen molar-refractivity contribution in [2.45, 2.75) is 44.7 Å². The van der Waals surface area contributed by atoms with Crippen molar-refractivity contribution in [3.63, 3.8) is 0 Å². The van der Waals surface area contributed by atoms with Crippen LogP contribution in [-0.4, -0.2) is 83.3 Å². The molecule has 2 aliphatic heterocycles. The van der Waals surface area contributed by atoms with Gasteiger partial charge in [-0.2, -0.15) is 13.2 Å². The number of alkyl halides is 3. The van der Waals surface area contributed by atoms with Crippen LogP contribution in [-0.2, 0) is 24.4 Å². The van der Waals surface area contributed by atoms with Gasteiger partial charge in [-0.05, 0) is 64.9 Å². The molecule has 0 bridgehead atoms. The van der Waals surface area contributed by atoms with Crippen LogP contribution in [0.25, 0.3) is 11.1 Å². The van der Waals surface area contributed by atoms with Crippen LogP contribution < -0.4 is 10.6 Å². The molecule has 2 saturated heterocycles.